The summed E-state index contributed by atoms with van der Waals surface area (Å²) >= 11 is 0. The number of nitrogens with one attached hydrogen (secondary N) is 2. The van der Waals surface area contributed by atoms with Crippen LogP contribution in [0.4, 0.5) is 9.59 Å². The van der Waals surface area contributed by atoms with Gasteiger partial charge < -0.3 is 36.5 Å². The highest BCUT2D eigenvalue weighted by molar-refractivity contribution is 5.87. The maximum atomic E-state index is 12.8. The van der Waals surface area contributed by atoms with Crippen LogP contribution < -0.4 is 22.1 Å². The number of hydrogen-bond donors (Lipinski definition) is 4. The first-order valence-corrected chi connectivity index (χ1v) is 11.9. The lowest BCUT2D eigenvalue weighted by molar-refractivity contribution is -0.155. The summed E-state index contributed by atoms with van der Waals surface area (Å²) in [6.07, 6.45) is 0.783. The summed E-state index contributed by atoms with van der Waals surface area (Å²) < 4.78 is 11.0. The standard InChI is InChI=1S/C24H37N5O6/c1-16(2)20(25)21(30)28-19(9-6-12-27-23(26)32)22(31)35-18-10-13-29(14-11-18)24(33)34-15-17-7-4-3-5-8-17/h3-5,7-8,16,18-20H,6,9-15,25H2,1-2H3,(H,28,30)(H3,26,27,32)/t19-,20-/m0/s1. The van der Waals surface area contributed by atoms with Gasteiger partial charge in [0.25, 0.3) is 0 Å². The fourth-order valence-electron chi connectivity index (χ4n) is 3.55. The summed E-state index contributed by atoms with van der Waals surface area (Å²) in [4.78, 5) is 50.1. The Bertz CT molecular complexity index is 842. The van der Waals surface area contributed by atoms with Crippen molar-refractivity contribution in [1.82, 2.24) is 15.5 Å². The van der Waals surface area contributed by atoms with Crippen molar-refractivity contribution in [3.05, 3.63) is 35.9 Å². The molecule has 4 amide bonds. The van der Waals surface area contributed by atoms with Gasteiger partial charge in [-0.1, -0.05) is 44.2 Å². The average molecular weight is 492 g/mol. The van der Waals surface area contributed by atoms with Gasteiger partial charge in [0.1, 0.15) is 18.8 Å². The Morgan fingerprint density at radius 1 is 1.11 bits per heavy atom. The van der Waals surface area contributed by atoms with Crippen molar-refractivity contribution in [3.8, 4) is 0 Å². The molecule has 0 unspecified atom stereocenters. The highest BCUT2D eigenvalue weighted by Gasteiger charge is 2.30. The van der Waals surface area contributed by atoms with E-state index in [0.717, 1.165) is 5.56 Å². The number of nitrogens with two attached hydrogens (primary N) is 2. The number of hydrogen-bond acceptors (Lipinski definition) is 7. The number of ether oxygens (including phenoxy) is 2. The van der Waals surface area contributed by atoms with Gasteiger partial charge >= 0.3 is 18.1 Å². The summed E-state index contributed by atoms with van der Waals surface area (Å²) in [6, 6.07) is 7.08. The number of carbonyl (C=O) groups is 4. The number of likely N-dealkylation sites (tertiary alicyclic amines) is 1. The van der Waals surface area contributed by atoms with Crippen LogP contribution in [0.15, 0.2) is 30.3 Å². The molecule has 11 heteroatoms. The number of carbonyl (C=O) groups excluding carboxylic acids is 4. The highest BCUT2D eigenvalue weighted by Crippen LogP contribution is 2.17. The fraction of sp³-hybridized carbons (Fsp3) is 0.583. The Labute approximate surface area is 205 Å². The number of amides is 4. The maximum Gasteiger partial charge on any atom is 0.410 e. The number of benzene rings is 1. The summed E-state index contributed by atoms with van der Waals surface area (Å²) in [5, 5.41) is 5.12. The smallest absolute Gasteiger partial charge is 0.410 e. The Kier molecular flexibility index (Phi) is 11.3. The number of esters is 1. The molecule has 0 bridgehead atoms. The van der Waals surface area contributed by atoms with Crippen molar-refractivity contribution in [3.63, 3.8) is 0 Å². The zero-order valence-electron chi connectivity index (χ0n) is 20.4. The van der Waals surface area contributed by atoms with Crippen molar-refractivity contribution >= 4 is 24.0 Å². The summed E-state index contributed by atoms with van der Waals surface area (Å²) in [6.45, 7) is 4.86. The first-order chi connectivity index (χ1) is 16.7. The zero-order chi connectivity index (χ0) is 25.8. The van der Waals surface area contributed by atoms with Crippen molar-refractivity contribution < 1.29 is 28.7 Å². The molecular formula is C24H37N5O6. The molecule has 35 heavy (non-hydrogen) atoms. The van der Waals surface area contributed by atoms with Crippen LogP contribution in [0.25, 0.3) is 0 Å². The number of rotatable bonds is 11. The Morgan fingerprint density at radius 2 is 1.77 bits per heavy atom. The summed E-state index contributed by atoms with van der Waals surface area (Å²) in [5.41, 5.74) is 11.9. The molecule has 2 rings (SSSR count). The third-order valence-corrected chi connectivity index (χ3v) is 5.78. The number of urea groups is 1. The van der Waals surface area contributed by atoms with E-state index in [1.807, 2.05) is 44.2 Å². The van der Waals surface area contributed by atoms with Crippen LogP contribution in [-0.2, 0) is 25.7 Å². The van der Waals surface area contributed by atoms with E-state index in [-0.39, 0.29) is 31.6 Å². The molecule has 0 aromatic heterocycles. The minimum absolute atomic E-state index is 0.103. The second kappa shape index (κ2) is 14.1. The van der Waals surface area contributed by atoms with Crippen LogP contribution in [0, 0.1) is 5.92 Å². The Balaban J connectivity index is 1.83. The van der Waals surface area contributed by atoms with E-state index < -0.39 is 36.1 Å². The maximum absolute atomic E-state index is 12.8. The molecule has 0 radical (unpaired) electrons. The Morgan fingerprint density at radius 3 is 2.37 bits per heavy atom. The molecule has 1 heterocycles. The van der Waals surface area contributed by atoms with Crippen molar-refractivity contribution in [2.45, 2.75) is 64.3 Å². The molecule has 1 aliphatic rings. The van der Waals surface area contributed by atoms with Crippen LogP contribution in [0.1, 0.15) is 45.1 Å². The minimum atomic E-state index is -0.907. The monoisotopic (exact) mass is 491 g/mol. The third-order valence-electron chi connectivity index (χ3n) is 5.78. The fourth-order valence-corrected chi connectivity index (χ4v) is 3.55. The van der Waals surface area contributed by atoms with Gasteiger partial charge in [-0.3, -0.25) is 4.79 Å². The van der Waals surface area contributed by atoms with Gasteiger partial charge in [-0.05, 0) is 24.3 Å². The molecule has 1 aromatic rings. The van der Waals surface area contributed by atoms with Gasteiger partial charge in [0, 0.05) is 32.5 Å². The molecular weight excluding hydrogens is 454 g/mol. The third kappa shape index (κ3) is 9.81. The second-order valence-electron chi connectivity index (χ2n) is 8.93. The van der Waals surface area contributed by atoms with Crippen LogP contribution in [0.5, 0.6) is 0 Å². The molecule has 1 fully saturated rings. The molecule has 0 saturated carbocycles. The van der Waals surface area contributed by atoms with Crippen molar-refractivity contribution in [2.24, 2.45) is 17.4 Å². The molecule has 1 saturated heterocycles. The first-order valence-electron chi connectivity index (χ1n) is 11.9. The van der Waals surface area contributed by atoms with Crippen LogP contribution >= 0.6 is 0 Å². The zero-order valence-corrected chi connectivity index (χ0v) is 20.4. The first kappa shape index (κ1) is 27.9. The number of primary amides is 1. The van der Waals surface area contributed by atoms with E-state index in [9.17, 15) is 19.2 Å². The summed E-state index contributed by atoms with van der Waals surface area (Å²) in [7, 11) is 0. The predicted molar refractivity (Wildman–Crippen MR) is 129 cm³/mol. The molecule has 1 aromatic carbocycles. The molecule has 0 spiro atoms. The van der Waals surface area contributed by atoms with Crippen molar-refractivity contribution in [2.75, 3.05) is 19.6 Å². The molecule has 11 nitrogen and oxygen atoms in total. The van der Waals surface area contributed by atoms with Gasteiger partial charge in [0.05, 0.1) is 6.04 Å². The largest absolute Gasteiger partial charge is 0.461 e. The molecule has 6 N–H and O–H groups in total. The van der Waals surface area contributed by atoms with Crippen molar-refractivity contribution in [1.29, 1.82) is 0 Å². The SMILES string of the molecule is CC(C)[C@H](N)C(=O)N[C@@H](CCCNC(N)=O)C(=O)OC1CCN(C(=O)OCc2ccccc2)CC1. The quantitative estimate of drug-likeness (QED) is 0.267. The van der Waals surface area contributed by atoms with E-state index in [0.29, 0.717) is 32.4 Å². The number of nitrogens with zero attached hydrogens (tertiary/aromatic N) is 1. The van der Waals surface area contributed by atoms with Gasteiger partial charge in [-0.25, -0.2) is 14.4 Å². The van der Waals surface area contributed by atoms with Gasteiger partial charge in [-0.2, -0.15) is 0 Å². The minimum Gasteiger partial charge on any atom is -0.461 e. The molecule has 1 aliphatic heterocycles. The van der Waals surface area contributed by atoms with E-state index in [1.165, 1.54) is 0 Å². The van der Waals surface area contributed by atoms with E-state index in [4.69, 9.17) is 20.9 Å². The lowest BCUT2D eigenvalue weighted by Gasteiger charge is -2.32. The average Bonchev–Trinajstić information content (AvgIpc) is 2.84. The van der Waals surface area contributed by atoms with E-state index in [1.54, 1.807) is 4.90 Å². The normalized spacial score (nSPS) is 15.7. The molecule has 2 atom stereocenters. The predicted octanol–water partition coefficient (Wildman–Crippen LogP) is 1.25. The van der Waals surface area contributed by atoms with E-state index >= 15 is 0 Å². The van der Waals surface area contributed by atoms with Crippen LogP contribution in [0.2, 0.25) is 0 Å². The summed E-state index contributed by atoms with van der Waals surface area (Å²) in [5.74, 6) is -1.12. The van der Waals surface area contributed by atoms with Crippen LogP contribution in [-0.4, -0.2) is 66.7 Å². The van der Waals surface area contributed by atoms with Crippen LogP contribution in [0.3, 0.4) is 0 Å². The van der Waals surface area contributed by atoms with E-state index in [2.05, 4.69) is 10.6 Å². The van der Waals surface area contributed by atoms with Gasteiger partial charge in [0.2, 0.25) is 5.91 Å². The highest BCUT2D eigenvalue weighted by atomic mass is 16.6. The molecule has 0 aliphatic carbocycles. The van der Waals surface area contributed by atoms with Gasteiger partial charge in [0.15, 0.2) is 0 Å². The Hall–Kier alpha value is -3.34. The lowest BCUT2D eigenvalue weighted by atomic mass is 10.0. The lowest BCUT2D eigenvalue weighted by Crippen LogP contribution is -2.51. The second-order valence-corrected chi connectivity index (χ2v) is 8.93. The molecule has 194 valence electrons. The topological polar surface area (TPSA) is 166 Å². The van der Waals surface area contributed by atoms with Gasteiger partial charge in [-0.15, -0.1) is 0 Å². The number of piperidine rings is 1.